The molecule has 162 valence electrons. The molecule has 0 spiro atoms. The molecule has 0 atom stereocenters. The Labute approximate surface area is 180 Å². The van der Waals surface area contributed by atoms with E-state index in [1.807, 2.05) is 31.2 Å². The van der Waals surface area contributed by atoms with Crippen molar-refractivity contribution in [2.45, 2.75) is 13.3 Å². The lowest BCUT2D eigenvalue weighted by Crippen LogP contribution is -2.29. The molecule has 1 aromatic carbocycles. The Morgan fingerprint density at radius 2 is 2.10 bits per heavy atom. The fourth-order valence-electron chi connectivity index (χ4n) is 3.12. The predicted molar refractivity (Wildman–Crippen MR) is 119 cm³/mol. The Bertz CT molecular complexity index is 1100. The number of methoxy groups -OCH3 is 1. The third kappa shape index (κ3) is 5.01. The fraction of sp³-hybridized carbons (Fsp3) is 0.227. The van der Waals surface area contributed by atoms with Crippen molar-refractivity contribution in [3.8, 4) is 22.9 Å². The first-order valence-electron chi connectivity index (χ1n) is 9.83. The monoisotopic (exact) mass is 422 g/mol. The molecule has 3 aromatic rings. The van der Waals surface area contributed by atoms with Gasteiger partial charge in [-0.3, -0.25) is 10.6 Å². The van der Waals surface area contributed by atoms with Crippen molar-refractivity contribution in [1.29, 1.82) is 0 Å². The summed E-state index contributed by atoms with van der Waals surface area (Å²) in [4.78, 5) is 21.6. The molecular formula is C22H26N6O3. The van der Waals surface area contributed by atoms with E-state index in [2.05, 4.69) is 15.7 Å². The normalized spacial score (nSPS) is 11.3. The second kappa shape index (κ2) is 10.3. The van der Waals surface area contributed by atoms with Crippen molar-refractivity contribution in [2.75, 3.05) is 20.3 Å². The molecule has 0 radical (unpaired) electrons. The van der Waals surface area contributed by atoms with Crippen LogP contribution in [0.3, 0.4) is 0 Å². The van der Waals surface area contributed by atoms with Crippen molar-refractivity contribution in [3.05, 3.63) is 60.1 Å². The fourth-order valence-corrected chi connectivity index (χ4v) is 3.12. The van der Waals surface area contributed by atoms with Crippen LogP contribution in [-0.4, -0.2) is 36.1 Å². The maximum atomic E-state index is 12.6. The maximum absolute atomic E-state index is 12.6. The SMILES string of the molecule is CCOc1cc(-c2cccnc2OC)nc2cc(C(=O)NCC/C(=C/N)NN)ccc12. The summed E-state index contributed by atoms with van der Waals surface area (Å²) >= 11 is 0. The quantitative estimate of drug-likeness (QED) is 0.304. The number of pyridine rings is 2. The number of benzene rings is 1. The first-order chi connectivity index (χ1) is 15.1. The zero-order valence-electron chi connectivity index (χ0n) is 17.5. The summed E-state index contributed by atoms with van der Waals surface area (Å²) in [5.41, 5.74) is 11.1. The van der Waals surface area contributed by atoms with Crippen LogP contribution in [0.5, 0.6) is 11.6 Å². The molecule has 9 heteroatoms. The number of hydrogen-bond donors (Lipinski definition) is 4. The van der Waals surface area contributed by atoms with Crippen LogP contribution in [0.25, 0.3) is 22.2 Å². The number of ether oxygens (including phenoxy) is 2. The average molecular weight is 422 g/mol. The maximum Gasteiger partial charge on any atom is 0.251 e. The molecule has 31 heavy (non-hydrogen) atoms. The Morgan fingerprint density at radius 3 is 2.81 bits per heavy atom. The molecule has 2 heterocycles. The zero-order chi connectivity index (χ0) is 22.2. The van der Waals surface area contributed by atoms with Gasteiger partial charge in [0, 0.05) is 48.1 Å². The van der Waals surface area contributed by atoms with E-state index in [1.54, 1.807) is 25.4 Å². The number of fused-ring (bicyclic) bond motifs is 1. The van der Waals surface area contributed by atoms with Crippen molar-refractivity contribution in [3.63, 3.8) is 0 Å². The molecule has 0 saturated carbocycles. The molecule has 0 fully saturated rings. The van der Waals surface area contributed by atoms with Gasteiger partial charge in [-0.25, -0.2) is 9.97 Å². The molecular weight excluding hydrogens is 396 g/mol. The van der Waals surface area contributed by atoms with Crippen LogP contribution in [0.4, 0.5) is 0 Å². The van der Waals surface area contributed by atoms with Gasteiger partial charge in [-0.2, -0.15) is 0 Å². The summed E-state index contributed by atoms with van der Waals surface area (Å²) in [7, 11) is 1.56. The smallest absolute Gasteiger partial charge is 0.251 e. The number of nitrogens with two attached hydrogens (primary N) is 2. The van der Waals surface area contributed by atoms with Crippen LogP contribution in [-0.2, 0) is 0 Å². The minimum atomic E-state index is -0.223. The summed E-state index contributed by atoms with van der Waals surface area (Å²) in [6.07, 6.45) is 3.51. The molecule has 6 N–H and O–H groups in total. The van der Waals surface area contributed by atoms with Gasteiger partial charge < -0.3 is 25.9 Å². The van der Waals surface area contributed by atoms with Crippen LogP contribution >= 0.6 is 0 Å². The third-order valence-corrected chi connectivity index (χ3v) is 4.64. The van der Waals surface area contributed by atoms with E-state index in [1.165, 1.54) is 6.20 Å². The lowest BCUT2D eigenvalue weighted by molar-refractivity contribution is 0.0954. The second-order valence-corrected chi connectivity index (χ2v) is 6.57. The van der Waals surface area contributed by atoms with Gasteiger partial charge in [0.1, 0.15) is 5.75 Å². The average Bonchev–Trinajstić information content (AvgIpc) is 2.81. The van der Waals surface area contributed by atoms with Gasteiger partial charge in [-0.15, -0.1) is 0 Å². The number of nitrogens with zero attached hydrogens (tertiary/aromatic N) is 2. The number of amides is 1. The highest BCUT2D eigenvalue weighted by molar-refractivity contribution is 5.99. The zero-order valence-corrected chi connectivity index (χ0v) is 17.5. The largest absolute Gasteiger partial charge is 0.493 e. The van der Waals surface area contributed by atoms with E-state index in [4.69, 9.17) is 26.0 Å². The molecule has 2 aromatic heterocycles. The van der Waals surface area contributed by atoms with Gasteiger partial charge in [-0.05, 0) is 37.3 Å². The summed E-state index contributed by atoms with van der Waals surface area (Å²) in [6.45, 7) is 2.80. The van der Waals surface area contributed by atoms with Crippen LogP contribution < -0.4 is 31.8 Å². The van der Waals surface area contributed by atoms with E-state index >= 15 is 0 Å². The number of carbonyl (C=O) groups excluding carboxylic acids is 1. The number of rotatable bonds is 9. The van der Waals surface area contributed by atoms with Gasteiger partial charge >= 0.3 is 0 Å². The van der Waals surface area contributed by atoms with E-state index in [9.17, 15) is 4.79 Å². The Hall–Kier alpha value is -3.85. The molecule has 9 nitrogen and oxygen atoms in total. The van der Waals surface area contributed by atoms with E-state index < -0.39 is 0 Å². The van der Waals surface area contributed by atoms with E-state index in [0.717, 1.165) is 10.9 Å². The van der Waals surface area contributed by atoms with Gasteiger partial charge in [0.15, 0.2) is 0 Å². The van der Waals surface area contributed by atoms with Crippen LogP contribution in [0.1, 0.15) is 23.7 Å². The van der Waals surface area contributed by atoms with E-state index in [-0.39, 0.29) is 5.91 Å². The molecule has 3 rings (SSSR count). The molecule has 0 saturated heterocycles. The van der Waals surface area contributed by atoms with Crippen molar-refractivity contribution in [2.24, 2.45) is 11.6 Å². The molecule has 0 aliphatic heterocycles. The number of aromatic nitrogens is 2. The third-order valence-electron chi connectivity index (χ3n) is 4.64. The standard InChI is InChI=1S/C22H26N6O3/c1-3-31-20-12-19(17-5-4-9-26-22(17)30-2)27-18-11-14(6-7-16(18)20)21(29)25-10-8-15(13-23)28-24/h4-7,9,11-13,28H,3,8,10,23-24H2,1-2H3,(H,25,29)/b15-13-. The van der Waals surface area contributed by atoms with E-state index in [0.29, 0.717) is 53.7 Å². The molecule has 0 bridgehead atoms. The van der Waals surface area contributed by atoms with Gasteiger partial charge in [0.25, 0.3) is 5.91 Å². The Morgan fingerprint density at radius 1 is 1.26 bits per heavy atom. The molecule has 0 aliphatic rings. The summed E-state index contributed by atoms with van der Waals surface area (Å²) in [5, 5.41) is 3.66. The summed E-state index contributed by atoms with van der Waals surface area (Å²) in [6, 6.07) is 10.9. The first kappa shape index (κ1) is 21.8. The topological polar surface area (TPSA) is 137 Å². The second-order valence-electron chi connectivity index (χ2n) is 6.57. The minimum Gasteiger partial charge on any atom is -0.493 e. The summed E-state index contributed by atoms with van der Waals surface area (Å²) < 4.78 is 11.2. The predicted octanol–water partition coefficient (Wildman–Crippen LogP) is 2.09. The van der Waals surface area contributed by atoms with Gasteiger partial charge in [0.2, 0.25) is 5.88 Å². The molecule has 1 amide bonds. The Kier molecular flexibility index (Phi) is 7.23. The summed E-state index contributed by atoms with van der Waals surface area (Å²) in [5.74, 6) is 6.26. The molecule has 0 aliphatic carbocycles. The number of carbonyl (C=O) groups is 1. The first-order valence-corrected chi connectivity index (χ1v) is 9.83. The van der Waals surface area contributed by atoms with Crippen molar-refractivity contribution >= 4 is 16.8 Å². The lowest BCUT2D eigenvalue weighted by atomic mass is 10.1. The number of hydrogen-bond acceptors (Lipinski definition) is 8. The molecule has 0 unspecified atom stereocenters. The lowest BCUT2D eigenvalue weighted by Gasteiger charge is -2.13. The van der Waals surface area contributed by atoms with Crippen molar-refractivity contribution < 1.29 is 14.3 Å². The van der Waals surface area contributed by atoms with Gasteiger partial charge in [-0.1, -0.05) is 0 Å². The highest BCUT2D eigenvalue weighted by atomic mass is 16.5. The highest BCUT2D eigenvalue weighted by Gasteiger charge is 2.15. The van der Waals surface area contributed by atoms with Crippen molar-refractivity contribution in [1.82, 2.24) is 20.7 Å². The minimum absolute atomic E-state index is 0.223. The van der Waals surface area contributed by atoms with Crippen LogP contribution in [0, 0.1) is 0 Å². The number of hydrazine groups is 1. The van der Waals surface area contributed by atoms with Gasteiger partial charge in [0.05, 0.1) is 30.5 Å². The van der Waals surface area contributed by atoms with Crippen LogP contribution in [0.15, 0.2) is 54.5 Å². The van der Waals surface area contributed by atoms with Crippen LogP contribution in [0.2, 0.25) is 0 Å². The highest BCUT2D eigenvalue weighted by Crippen LogP contribution is 2.33. The number of nitrogens with one attached hydrogen (secondary N) is 2. The Balaban J connectivity index is 1.96.